The predicted octanol–water partition coefficient (Wildman–Crippen LogP) is -2.99. The molecule has 0 spiro atoms. The van der Waals surface area contributed by atoms with E-state index in [1.807, 2.05) is 0 Å². The molecule has 0 aromatic rings. The number of hydrogen-bond acceptors (Lipinski definition) is 6. The average molecular weight is 235 g/mol. The van der Waals surface area contributed by atoms with E-state index in [4.69, 9.17) is 5.11 Å². The van der Waals surface area contributed by atoms with Crippen LogP contribution < -0.4 is 5.32 Å². The minimum Gasteiger partial charge on any atom is -0.479 e. The molecule has 1 heterocycles. The largest absolute Gasteiger partial charge is 0.479 e. The van der Waals surface area contributed by atoms with Crippen molar-refractivity contribution in [2.24, 2.45) is 0 Å². The molecule has 0 saturated carbocycles. The van der Waals surface area contributed by atoms with E-state index in [0.29, 0.717) is 0 Å². The molecule has 1 saturated heterocycles. The van der Waals surface area contributed by atoms with Gasteiger partial charge in [0.2, 0.25) is 5.91 Å². The van der Waals surface area contributed by atoms with Crippen molar-refractivity contribution in [2.45, 2.75) is 37.6 Å². The zero-order valence-electron chi connectivity index (χ0n) is 8.40. The average Bonchev–Trinajstić information content (AvgIpc) is 2.17. The molecule has 5 N–H and O–H groups in total. The van der Waals surface area contributed by atoms with E-state index in [9.17, 15) is 24.9 Å². The third-order valence-electron chi connectivity index (χ3n) is 2.23. The fourth-order valence-corrected chi connectivity index (χ4v) is 1.47. The summed E-state index contributed by atoms with van der Waals surface area (Å²) in [7, 11) is 0. The van der Waals surface area contributed by atoms with E-state index in [1.165, 1.54) is 0 Å². The van der Waals surface area contributed by atoms with Gasteiger partial charge >= 0.3 is 5.97 Å². The molecular weight excluding hydrogens is 222 g/mol. The second-order valence-electron chi connectivity index (χ2n) is 3.49. The van der Waals surface area contributed by atoms with Gasteiger partial charge in [0.15, 0.2) is 12.4 Å². The minimum atomic E-state index is -1.73. The third-order valence-corrected chi connectivity index (χ3v) is 2.23. The molecule has 1 aliphatic heterocycles. The lowest BCUT2D eigenvalue weighted by molar-refractivity contribution is -0.249. The van der Waals surface area contributed by atoms with Gasteiger partial charge in [0, 0.05) is 6.92 Å². The van der Waals surface area contributed by atoms with Gasteiger partial charge in [-0.3, -0.25) is 4.79 Å². The van der Waals surface area contributed by atoms with Crippen molar-refractivity contribution in [1.29, 1.82) is 0 Å². The lowest BCUT2D eigenvalue weighted by atomic mass is 9.97. The molecule has 0 unspecified atom stereocenters. The quantitative estimate of drug-likeness (QED) is 0.344. The smallest absolute Gasteiger partial charge is 0.335 e. The molecule has 0 aliphatic carbocycles. The highest BCUT2D eigenvalue weighted by atomic mass is 16.6. The topological polar surface area (TPSA) is 136 Å². The molecule has 1 fully saturated rings. The maximum absolute atomic E-state index is 10.7. The Morgan fingerprint density at radius 2 is 1.75 bits per heavy atom. The number of carboxylic acids is 1. The van der Waals surface area contributed by atoms with Gasteiger partial charge in [-0.15, -0.1) is 0 Å². The van der Waals surface area contributed by atoms with E-state index in [1.54, 1.807) is 0 Å². The first-order chi connectivity index (χ1) is 7.34. The number of aliphatic hydroxyl groups excluding tert-OH is 3. The van der Waals surface area contributed by atoms with Gasteiger partial charge < -0.3 is 30.5 Å². The summed E-state index contributed by atoms with van der Waals surface area (Å²) in [5.41, 5.74) is 0. The first-order valence-electron chi connectivity index (χ1n) is 4.54. The molecule has 0 aromatic heterocycles. The number of carbonyl (C=O) groups is 2. The van der Waals surface area contributed by atoms with Crippen LogP contribution in [0.1, 0.15) is 6.92 Å². The zero-order chi connectivity index (χ0) is 12.5. The van der Waals surface area contributed by atoms with E-state index in [2.05, 4.69) is 10.1 Å². The van der Waals surface area contributed by atoms with Crippen molar-refractivity contribution in [1.82, 2.24) is 5.32 Å². The van der Waals surface area contributed by atoms with Gasteiger partial charge in [-0.05, 0) is 0 Å². The second-order valence-corrected chi connectivity index (χ2v) is 3.49. The molecule has 1 rings (SSSR count). The summed E-state index contributed by atoms with van der Waals surface area (Å²) in [6, 6.07) is -1.26. The maximum Gasteiger partial charge on any atom is 0.335 e. The minimum absolute atomic E-state index is 0.548. The van der Waals surface area contributed by atoms with Crippen LogP contribution in [-0.2, 0) is 14.3 Å². The van der Waals surface area contributed by atoms with E-state index < -0.39 is 42.5 Å². The van der Waals surface area contributed by atoms with Crippen molar-refractivity contribution >= 4 is 11.9 Å². The number of nitrogens with one attached hydrogen (secondary N) is 1. The Kier molecular flexibility index (Phi) is 3.81. The summed E-state index contributed by atoms with van der Waals surface area (Å²) >= 11 is 0. The van der Waals surface area contributed by atoms with Crippen molar-refractivity contribution in [3.05, 3.63) is 0 Å². The molecule has 1 aliphatic rings. The molecule has 0 aromatic carbocycles. The standard InChI is InChI=1S/C8H13NO7/c1-2(10)9-3-4(11)5(12)6(7(13)14)16-8(3)15/h3-6,8,11-12,15H,1H3,(H,9,10)(H,13,14)/t3-,4-,5-,6-,8-/m1/s1. The lowest BCUT2D eigenvalue weighted by Crippen LogP contribution is -2.64. The molecule has 1 amide bonds. The Hall–Kier alpha value is -1.22. The number of rotatable bonds is 2. The highest BCUT2D eigenvalue weighted by molar-refractivity contribution is 5.74. The Balaban J connectivity index is 2.79. The first kappa shape index (κ1) is 12.8. The summed E-state index contributed by atoms with van der Waals surface area (Å²) in [6.07, 6.45) is -6.76. The van der Waals surface area contributed by atoms with Gasteiger partial charge in [0.05, 0.1) is 0 Å². The Labute approximate surface area is 90.5 Å². The van der Waals surface area contributed by atoms with Crippen LogP contribution >= 0.6 is 0 Å². The number of carboxylic acid groups (broad SMARTS) is 1. The molecule has 0 radical (unpaired) electrons. The fourth-order valence-electron chi connectivity index (χ4n) is 1.47. The Morgan fingerprint density at radius 3 is 2.19 bits per heavy atom. The summed E-state index contributed by atoms with van der Waals surface area (Å²) in [5, 5.41) is 39.0. The van der Waals surface area contributed by atoms with Crippen LogP contribution in [0.5, 0.6) is 0 Å². The number of carbonyl (C=O) groups excluding carboxylic acids is 1. The van der Waals surface area contributed by atoms with E-state index in [0.717, 1.165) is 6.92 Å². The summed E-state index contributed by atoms with van der Waals surface area (Å²) in [5.74, 6) is -2.06. The van der Waals surface area contributed by atoms with Crippen LogP contribution in [0.4, 0.5) is 0 Å². The normalized spacial score (nSPS) is 39.1. The van der Waals surface area contributed by atoms with E-state index >= 15 is 0 Å². The molecule has 8 heteroatoms. The number of ether oxygens (including phenoxy) is 1. The zero-order valence-corrected chi connectivity index (χ0v) is 8.40. The molecule has 16 heavy (non-hydrogen) atoms. The van der Waals surface area contributed by atoms with Crippen LogP contribution in [0.2, 0.25) is 0 Å². The summed E-state index contributed by atoms with van der Waals surface area (Å²) in [6.45, 7) is 1.15. The number of aliphatic hydroxyl groups is 3. The van der Waals surface area contributed by atoms with Crippen LogP contribution in [0.3, 0.4) is 0 Å². The molecule has 5 atom stereocenters. The van der Waals surface area contributed by atoms with Gasteiger partial charge in [0.1, 0.15) is 18.2 Å². The molecule has 0 bridgehead atoms. The number of aliphatic carboxylic acids is 1. The van der Waals surface area contributed by atoms with Gasteiger partial charge in [-0.2, -0.15) is 0 Å². The van der Waals surface area contributed by atoms with Crippen LogP contribution in [0.25, 0.3) is 0 Å². The van der Waals surface area contributed by atoms with Crippen molar-refractivity contribution in [2.75, 3.05) is 0 Å². The number of amides is 1. The van der Waals surface area contributed by atoms with E-state index in [-0.39, 0.29) is 0 Å². The number of hydrogen-bond donors (Lipinski definition) is 5. The maximum atomic E-state index is 10.7. The van der Waals surface area contributed by atoms with Crippen molar-refractivity contribution in [3.8, 4) is 0 Å². The van der Waals surface area contributed by atoms with Crippen LogP contribution in [0, 0.1) is 0 Å². The summed E-state index contributed by atoms with van der Waals surface area (Å²) in [4.78, 5) is 21.3. The lowest BCUT2D eigenvalue weighted by Gasteiger charge is -2.39. The molecular formula is C8H13NO7. The highest BCUT2D eigenvalue weighted by Gasteiger charge is 2.47. The SMILES string of the molecule is CC(=O)N[C@@H]1[C@@H](O)[C@@H](O)[C@H](C(=O)O)O[C@H]1O. The van der Waals surface area contributed by atoms with Crippen LogP contribution in [-0.4, -0.2) is 62.9 Å². The van der Waals surface area contributed by atoms with Crippen molar-refractivity contribution in [3.63, 3.8) is 0 Å². The van der Waals surface area contributed by atoms with Crippen molar-refractivity contribution < 1.29 is 34.8 Å². The monoisotopic (exact) mass is 235 g/mol. The second kappa shape index (κ2) is 4.74. The van der Waals surface area contributed by atoms with Crippen LogP contribution in [0.15, 0.2) is 0 Å². The fraction of sp³-hybridized carbons (Fsp3) is 0.750. The van der Waals surface area contributed by atoms with Gasteiger partial charge in [0.25, 0.3) is 0 Å². The summed E-state index contributed by atoms with van der Waals surface area (Å²) < 4.78 is 4.58. The molecule has 8 nitrogen and oxygen atoms in total. The first-order valence-corrected chi connectivity index (χ1v) is 4.54. The predicted molar refractivity (Wildman–Crippen MR) is 48.1 cm³/mol. The Morgan fingerprint density at radius 1 is 1.19 bits per heavy atom. The third kappa shape index (κ3) is 2.47. The Bertz CT molecular complexity index is 294. The highest BCUT2D eigenvalue weighted by Crippen LogP contribution is 2.20. The molecule has 92 valence electrons. The van der Waals surface area contributed by atoms with Gasteiger partial charge in [-0.1, -0.05) is 0 Å². The van der Waals surface area contributed by atoms with Gasteiger partial charge in [-0.25, -0.2) is 4.79 Å².